The fraction of sp³-hybridized carbons (Fsp3) is 0.207. The lowest BCUT2D eigenvalue weighted by molar-refractivity contribution is -0.130. The number of hydrogen-bond acceptors (Lipinski definition) is 4. The van der Waals surface area contributed by atoms with E-state index in [0.29, 0.717) is 24.3 Å². The van der Waals surface area contributed by atoms with Gasteiger partial charge in [-0.05, 0) is 36.8 Å². The van der Waals surface area contributed by atoms with Crippen molar-refractivity contribution in [1.29, 1.82) is 0 Å². The topological polar surface area (TPSA) is 70.5 Å². The minimum Gasteiger partial charge on any atom is -0.368 e. The van der Waals surface area contributed by atoms with Crippen LogP contribution in [0.2, 0.25) is 0 Å². The van der Waals surface area contributed by atoms with Gasteiger partial charge in [0.25, 0.3) is 5.91 Å². The van der Waals surface area contributed by atoms with Gasteiger partial charge in [-0.25, -0.2) is 4.68 Å². The van der Waals surface area contributed by atoms with Crippen LogP contribution in [0.4, 0.5) is 5.69 Å². The Balaban J connectivity index is 1.28. The number of aryl methyl sites for hydroxylation is 1. The Bertz CT molecular complexity index is 1340. The summed E-state index contributed by atoms with van der Waals surface area (Å²) in [5, 5.41) is 7.58. The number of rotatable bonds is 6. The van der Waals surface area contributed by atoms with E-state index >= 15 is 0 Å². The molecule has 4 aromatic rings. The lowest BCUT2D eigenvalue weighted by Gasteiger charge is -2.36. The van der Waals surface area contributed by atoms with Crippen molar-refractivity contribution >= 4 is 17.5 Å². The molecule has 0 radical (unpaired) electrons. The highest BCUT2D eigenvalue weighted by Crippen LogP contribution is 2.26. The number of benzene rings is 3. The molecule has 3 aromatic carbocycles. The Morgan fingerprint density at radius 2 is 1.42 bits per heavy atom. The van der Waals surface area contributed by atoms with E-state index in [-0.39, 0.29) is 18.4 Å². The number of anilines is 1. The molecule has 1 aromatic heterocycles. The van der Waals surface area contributed by atoms with Crippen molar-refractivity contribution in [1.82, 2.24) is 20.0 Å². The number of para-hydroxylation sites is 2. The second-order valence-electron chi connectivity index (χ2n) is 8.87. The number of nitrogens with one attached hydrogen (secondary N) is 1. The fourth-order valence-electron chi connectivity index (χ4n) is 4.51. The lowest BCUT2D eigenvalue weighted by Crippen LogP contribution is -2.51. The van der Waals surface area contributed by atoms with Crippen LogP contribution < -0.4 is 10.2 Å². The van der Waals surface area contributed by atoms with E-state index in [2.05, 4.69) is 22.3 Å². The molecule has 1 fully saturated rings. The maximum Gasteiger partial charge on any atom is 0.255 e. The first-order valence-corrected chi connectivity index (χ1v) is 12.2. The molecule has 0 spiro atoms. The molecule has 7 nitrogen and oxygen atoms in total. The molecule has 0 aliphatic carbocycles. The molecule has 1 aliphatic rings. The SMILES string of the molecule is Cc1ccccc1-c1nn(-c2ccccc2)cc1C(=O)NCC(=O)N1CCN(c2ccccc2)CC1. The fourth-order valence-corrected chi connectivity index (χ4v) is 4.51. The van der Waals surface area contributed by atoms with E-state index in [1.807, 2.05) is 84.6 Å². The monoisotopic (exact) mass is 479 g/mol. The average Bonchev–Trinajstić information content (AvgIpc) is 3.38. The molecular formula is C29H29N5O2. The highest BCUT2D eigenvalue weighted by Gasteiger charge is 2.24. The molecule has 2 amide bonds. The van der Waals surface area contributed by atoms with Crippen LogP contribution in [0.3, 0.4) is 0 Å². The number of amides is 2. The Hall–Kier alpha value is -4.39. The normalized spacial score (nSPS) is 13.5. The van der Waals surface area contributed by atoms with E-state index in [0.717, 1.165) is 35.6 Å². The number of carbonyl (C=O) groups is 2. The molecule has 36 heavy (non-hydrogen) atoms. The number of aromatic nitrogens is 2. The summed E-state index contributed by atoms with van der Waals surface area (Å²) in [5.41, 5.74) is 4.97. The van der Waals surface area contributed by atoms with Crippen LogP contribution in [0, 0.1) is 6.92 Å². The molecule has 2 heterocycles. The van der Waals surface area contributed by atoms with Gasteiger partial charge in [0.2, 0.25) is 5.91 Å². The predicted molar refractivity (Wildman–Crippen MR) is 141 cm³/mol. The summed E-state index contributed by atoms with van der Waals surface area (Å²) in [6, 6.07) is 27.7. The third kappa shape index (κ3) is 5.00. The van der Waals surface area contributed by atoms with E-state index in [9.17, 15) is 9.59 Å². The minimum absolute atomic E-state index is 0.0477. The summed E-state index contributed by atoms with van der Waals surface area (Å²) in [5.74, 6) is -0.393. The van der Waals surface area contributed by atoms with Crippen molar-refractivity contribution in [2.75, 3.05) is 37.6 Å². The van der Waals surface area contributed by atoms with Crippen molar-refractivity contribution in [2.24, 2.45) is 0 Å². The van der Waals surface area contributed by atoms with E-state index in [4.69, 9.17) is 5.10 Å². The molecule has 0 bridgehead atoms. The lowest BCUT2D eigenvalue weighted by atomic mass is 10.0. The van der Waals surface area contributed by atoms with Crippen molar-refractivity contribution in [2.45, 2.75) is 6.92 Å². The van der Waals surface area contributed by atoms with Crippen LogP contribution in [0.25, 0.3) is 16.9 Å². The summed E-state index contributed by atoms with van der Waals surface area (Å²) in [6.07, 6.45) is 1.73. The van der Waals surface area contributed by atoms with Gasteiger partial charge in [0.1, 0.15) is 5.69 Å². The number of nitrogens with zero attached hydrogens (tertiary/aromatic N) is 4. The second-order valence-corrected chi connectivity index (χ2v) is 8.87. The summed E-state index contributed by atoms with van der Waals surface area (Å²) < 4.78 is 1.71. The van der Waals surface area contributed by atoms with Crippen LogP contribution in [-0.2, 0) is 4.79 Å². The van der Waals surface area contributed by atoms with E-state index in [1.165, 1.54) is 0 Å². The van der Waals surface area contributed by atoms with Crippen LogP contribution in [0.5, 0.6) is 0 Å². The van der Waals surface area contributed by atoms with Crippen LogP contribution >= 0.6 is 0 Å². The smallest absolute Gasteiger partial charge is 0.255 e. The average molecular weight is 480 g/mol. The zero-order valence-corrected chi connectivity index (χ0v) is 20.3. The molecule has 5 rings (SSSR count). The van der Waals surface area contributed by atoms with Gasteiger partial charge in [0.05, 0.1) is 17.8 Å². The van der Waals surface area contributed by atoms with E-state index < -0.39 is 0 Å². The molecule has 0 atom stereocenters. The predicted octanol–water partition coefficient (Wildman–Crippen LogP) is 3.93. The molecule has 1 N–H and O–H groups in total. The Kier molecular flexibility index (Phi) is 6.80. The maximum absolute atomic E-state index is 13.3. The Morgan fingerprint density at radius 3 is 2.08 bits per heavy atom. The minimum atomic E-state index is -0.313. The first-order chi connectivity index (χ1) is 17.6. The molecule has 1 aliphatic heterocycles. The zero-order chi connectivity index (χ0) is 24.9. The number of carbonyl (C=O) groups excluding carboxylic acids is 2. The third-order valence-corrected chi connectivity index (χ3v) is 6.53. The Morgan fingerprint density at radius 1 is 0.806 bits per heavy atom. The van der Waals surface area contributed by atoms with Crippen molar-refractivity contribution in [3.63, 3.8) is 0 Å². The van der Waals surface area contributed by atoms with Gasteiger partial charge in [0, 0.05) is 43.6 Å². The second kappa shape index (κ2) is 10.5. The van der Waals surface area contributed by atoms with Gasteiger partial charge < -0.3 is 15.1 Å². The standard InChI is InChI=1S/C29H29N5O2/c1-22-10-8-9-15-25(22)28-26(21-34(31-28)24-13-6-3-7-14-24)29(36)30-20-27(35)33-18-16-32(17-19-33)23-11-4-2-5-12-23/h2-15,21H,16-20H2,1H3,(H,30,36). The first-order valence-electron chi connectivity index (χ1n) is 12.2. The highest BCUT2D eigenvalue weighted by atomic mass is 16.2. The molecule has 182 valence electrons. The maximum atomic E-state index is 13.3. The van der Waals surface area contributed by atoms with Crippen molar-refractivity contribution in [3.05, 3.63) is 102 Å². The highest BCUT2D eigenvalue weighted by molar-refractivity contribution is 6.01. The number of piperazine rings is 1. The van der Waals surface area contributed by atoms with Gasteiger partial charge in [-0.3, -0.25) is 9.59 Å². The quantitative estimate of drug-likeness (QED) is 0.455. The van der Waals surface area contributed by atoms with Crippen LogP contribution in [0.1, 0.15) is 15.9 Å². The summed E-state index contributed by atoms with van der Waals surface area (Å²) >= 11 is 0. The van der Waals surface area contributed by atoms with Crippen molar-refractivity contribution < 1.29 is 9.59 Å². The summed E-state index contributed by atoms with van der Waals surface area (Å²) in [7, 11) is 0. The summed E-state index contributed by atoms with van der Waals surface area (Å²) in [4.78, 5) is 30.2. The molecular weight excluding hydrogens is 450 g/mol. The summed E-state index contributed by atoms with van der Waals surface area (Å²) in [6.45, 7) is 4.75. The van der Waals surface area contributed by atoms with Gasteiger partial charge in [0.15, 0.2) is 0 Å². The van der Waals surface area contributed by atoms with Gasteiger partial charge in [-0.1, -0.05) is 60.7 Å². The van der Waals surface area contributed by atoms with Crippen molar-refractivity contribution in [3.8, 4) is 16.9 Å². The molecule has 1 saturated heterocycles. The number of hydrogen-bond donors (Lipinski definition) is 1. The Labute approximate surface area is 211 Å². The molecule has 0 saturated carbocycles. The third-order valence-electron chi connectivity index (χ3n) is 6.53. The van der Waals surface area contributed by atoms with E-state index in [1.54, 1.807) is 10.9 Å². The molecule has 0 unspecified atom stereocenters. The first kappa shape index (κ1) is 23.4. The van der Waals surface area contributed by atoms with Crippen LogP contribution in [-0.4, -0.2) is 59.2 Å². The van der Waals surface area contributed by atoms with Gasteiger partial charge >= 0.3 is 0 Å². The zero-order valence-electron chi connectivity index (χ0n) is 20.3. The molecule has 7 heteroatoms. The largest absolute Gasteiger partial charge is 0.368 e. The van der Waals surface area contributed by atoms with Gasteiger partial charge in [-0.2, -0.15) is 5.10 Å². The van der Waals surface area contributed by atoms with Crippen LogP contribution in [0.15, 0.2) is 91.1 Å². The van der Waals surface area contributed by atoms with Gasteiger partial charge in [-0.15, -0.1) is 0 Å².